The number of thiazole rings is 1. The molecule has 0 atom stereocenters. The molecule has 0 bridgehead atoms. The first-order chi connectivity index (χ1) is 9.02. The second-order valence-corrected chi connectivity index (χ2v) is 5.20. The van der Waals surface area contributed by atoms with E-state index >= 15 is 0 Å². The summed E-state index contributed by atoms with van der Waals surface area (Å²) in [6, 6.07) is 5.87. The van der Waals surface area contributed by atoms with E-state index in [-0.39, 0.29) is 11.7 Å². The predicted octanol–water partition coefficient (Wildman–Crippen LogP) is 2.64. The van der Waals surface area contributed by atoms with Crippen molar-refractivity contribution in [2.45, 2.75) is 13.8 Å². The predicted molar refractivity (Wildman–Crippen MR) is 79.9 cm³/mol. The maximum Gasteiger partial charge on any atom is 0.269 e. The minimum Gasteiger partial charge on any atom is -0.382 e. The Morgan fingerprint density at radius 2 is 1.95 bits per heavy atom. The third kappa shape index (κ3) is 2.68. The zero-order chi connectivity index (χ0) is 14.0. The first-order valence-electron chi connectivity index (χ1n) is 5.84. The Hall–Kier alpha value is -2.08. The molecule has 1 heterocycles. The fourth-order valence-corrected chi connectivity index (χ4v) is 2.52. The number of anilines is 3. The minimum absolute atomic E-state index is 0.228. The smallest absolute Gasteiger partial charge is 0.269 e. The van der Waals surface area contributed by atoms with E-state index in [4.69, 9.17) is 5.73 Å². The van der Waals surface area contributed by atoms with Gasteiger partial charge in [0.25, 0.3) is 5.91 Å². The molecule has 0 aliphatic heterocycles. The molecule has 6 heteroatoms. The van der Waals surface area contributed by atoms with Crippen LogP contribution < -0.4 is 16.4 Å². The van der Waals surface area contributed by atoms with Crippen molar-refractivity contribution >= 4 is 33.9 Å². The Bertz CT molecular complexity index is 601. The summed E-state index contributed by atoms with van der Waals surface area (Å²) in [4.78, 5) is 16.7. The first-order valence-corrected chi connectivity index (χ1v) is 6.66. The number of aromatic nitrogens is 1. The van der Waals surface area contributed by atoms with Gasteiger partial charge >= 0.3 is 0 Å². The highest BCUT2D eigenvalue weighted by Crippen LogP contribution is 2.27. The molecule has 2 rings (SSSR count). The Kier molecular flexibility index (Phi) is 3.71. The molecule has 1 amide bonds. The van der Waals surface area contributed by atoms with E-state index in [9.17, 15) is 4.79 Å². The second kappa shape index (κ2) is 5.27. The molecule has 0 aliphatic carbocycles. The van der Waals surface area contributed by atoms with E-state index in [2.05, 4.69) is 15.6 Å². The molecule has 0 aliphatic rings. The Morgan fingerprint density at radius 3 is 2.47 bits per heavy atom. The fourth-order valence-electron chi connectivity index (χ4n) is 1.78. The Balaban J connectivity index is 2.28. The van der Waals surface area contributed by atoms with Crippen LogP contribution >= 0.6 is 11.3 Å². The summed E-state index contributed by atoms with van der Waals surface area (Å²) in [5.41, 5.74) is 8.61. The molecule has 0 radical (unpaired) electrons. The zero-order valence-corrected chi connectivity index (χ0v) is 11.9. The van der Waals surface area contributed by atoms with Crippen molar-refractivity contribution in [1.82, 2.24) is 4.98 Å². The van der Waals surface area contributed by atoms with Crippen molar-refractivity contribution in [3.05, 3.63) is 34.2 Å². The molecule has 0 saturated heterocycles. The highest BCUT2D eigenvalue weighted by atomic mass is 32.1. The van der Waals surface area contributed by atoms with Gasteiger partial charge < -0.3 is 16.4 Å². The topological polar surface area (TPSA) is 80.0 Å². The first kappa shape index (κ1) is 13.4. The van der Waals surface area contributed by atoms with Crippen LogP contribution in [0, 0.1) is 13.8 Å². The van der Waals surface area contributed by atoms with Crippen molar-refractivity contribution < 1.29 is 4.79 Å². The molecule has 100 valence electrons. The van der Waals surface area contributed by atoms with Gasteiger partial charge in [-0.25, -0.2) is 4.98 Å². The molecular weight excluding hydrogens is 260 g/mol. The number of benzene rings is 1. The van der Waals surface area contributed by atoms with E-state index in [1.165, 1.54) is 11.3 Å². The van der Waals surface area contributed by atoms with Crippen molar-refractivity contribution in [3.8, 4) is 0 Å². The van der Waals surface area contributed by atoms with Gasteiger partial charge in [-0.05, 0) is 25.0 Å². The van der Waals surface area contributed by atoms with Gasteiger partial charge in [-0.15, -0.1) is 0 Å². The summed E-state index contributed by atoms with van der Waals surface area (Å²) in [5, 5.41) is 6.40. The van der Waals surface area contributed by atoms with Crippen molar-refractivity contribution in [1.29, 1.82) is 0 Å². The van der Waals surface area contributed by atoms with E-state index in [0.717, 1.165) is 16.8 Å². The molecule has 0 spiro atoms. The number of carbonyl (C=O) groups is 1. The fraction of sp³-hybridized carbons (Fsp3) is 0.231. The molecule has 1 aromatic heterocycles. The van der Waals surface area contributed by atoms with Crippen LogP contribution in [0.5, 0.6) is 0 Å². The lowest BCUT2D eigenvalue weighted by Gasteiger charge is -2.10. The zero-order valence-electron chi connectivity index (χ0n) is 11.1. The number of rotatable bonds is 3. The van der Waals surface area contributed by atoms with Crippen LogP contribution in [0.4, 0.5) is 16.6 Å². The quantitative estimate of drug-likeness (QED) is 0.805. The normalized spacial score (nSPS) is 10.3. The summed E-state index contributed by atoms with van der Waals surface area (Å²) < 4.78 is 0. The highest BCUT2D eigenvalue weighted by molar-refractivity contribution is 7.18. The maximum atomic E-state index is 12.2. The minimum atomic E-state index is -0.228. The number of nitrogens with zero attached hydrogens (tertiary/aromatic N) is 1. The molecule has 2 aromatic rings. The molecular formula is C13H16N4OS. The lowest BCUT2D eigenvalue weighted by Crippen LogP contribution is -2.14. The molecule has 5 nitrogen and oxygen atoms in total. The van der Waals surface area contributed by atoms with Gasteiger partial charge in [-0.1, -0.05) is 29.5 Å². The lowest BCUT2D eigenvalue weighted by atomic mass is 10.1. The number of aryl methyl sites for hydroxylation is 2. The van der Waals surface area contributed by atoms with Gasteiger partial charge in [0.1, 0.15) is 10.7 Å². The van der Waals surface area contributed by atoms with Crippen LogP contribution in [-0.2, 0) is 0 Å². The monoisotopic (exact) mass is 276 g/mol. The average molecular weight is 276 g/mol. The van der Waals surface area contributed by atoms with Crippen molar-refractivity contribution in [2.75, 3.05) is 23.4 Å². The SMILES string of the molecule is CNc1nc(N)c(C(=O)Nc2c(C)cccc2C)s1. The summed E-state index contributed by atoms with van der Waals surface area (Å²) in [7, 11) is 1.74. The van der Waals surface area contributed by atoms with Gasteiger partial charge in [0.15, 0.2) is 5.13 Å². The van der Waals surface area contributed by atoms with Gasteiger partial charge in [0.05, 0.1) is 0 Å². The molecule has 1 aromatic carbocycles. The van der Waals surface area contributed by atoms with Crippen LogP contribution in [0.2, 0.25) is 0 Å². The Labute approximate surface area is 115 Å². The molecule has 0 saturated carbocycles. The summed E-state index contributed by atoms with van der Waals surface area (Å²) >= 11 is 1.24. The van der Waals surface area contributed by atoms with Gasteiger partial charge in [0.2, 0.25) is 0 Å². The van der Waals surface area contributed by atoms with Crippen molar-refractivity contribution in [2.24, 2.45) is 0 Å². The third-order valence-corrected chi connectivity index (χ3v) is 3.88. The van der Waals surface area contributed by atoms with Crippen LogP contribution in [0.15, 0.2) is 18.2 Å². The number of hydrogen-bond donors (Lipinski definition) is 3. The largest absolute Gasteiger partial charge is 0.382 e. The summed E-state index contributed by atoms with van der Waals surface area (Å²) in [5.74, 6) is 0.0204. The molecule has 19 heavy (non-hydrogen) atoms. The van der Waals surface area contributed by atoms with Crippen LogP contribution in [0.25, 0.3) is 0 Å². The number of nitrogen functional groups attached to an aromatic ring is 1. The standard InChI is InChI=1S/C13H16N4OS/c1-7-5-4-6-8(2)9(7)16-12(18)10-11(14)17-13(15-3)19-10/h4-6H,14H2,1-3H3,(H,15,17)(H,16,18). The van der Waals surface area contributed by atoms with E-state index < -0.39 is 0 Å². The average Bonchev–Trinajstić information content (AvgIpc) is 2.75. The van der Waals surface area contributed by atoms with E-state index in [1.807, 2.05) is 32.0 Å². The third-order valence-electron chi connectivity index (χ3n) is 2.79. The second-order valence-electron chi connectivity index (χ2n) is 4.20. The number of hydrogen-bond acceptors (Lipinski definition) is 5. The maximum absolute atomic E-state index is 12.2. The summed E-state index contributed by atoms with van der Waals surface area (Å²) in [6.45, 7) is 3.91. The van der Waals surface area contributed by atoms with Crippen LogP contribution in [-0.4, -0.2) is 17.9 Å². The number of para-hydroxylation sites is 1. The molecule has 0 unspecified atom stereocenters. The number of amides is 1. The lowest BCUT2D eigenvalue weighted by molar-refractivity contribution is 0.103. The van der Waals surface area contributed by atoms with Gasteiger partial charge in [-0.2, -0.15) is 0 Å². The Morgan fingerprint density at radius 1 is 1.32 bits per heavy atom. The van der Waals surface area contributed by atoms with Gasteiger partial charge in [0, 0.05) is 12.7 Å². The van der Waals surface area contributed by atoms with Crippen LogP contribution in [0.3, 0.4) is 0 Å². The number of nitrogens with two attached hydrogens (primary N) is 1. The molecule has 0 fully saturated rings. The number of carbonyl (C=O) groups excluding carboxylic acids is 1. The van der Waals surface area contributed by atoms with Crippen LogP contribution in [0.1, 0.15) is 20.8 Å². The highest BCUT2D eigenvalue weighted by Gasteiger charge is 2.17. The number of nitrogens with one attached hydrogen (secondary N) is 2. The summed E-state index contributed by atoms with van der Waals surface area (Å²) in [6.07, 6.45) is 0. The van der Waals surface area contributed by atoms with Crippen molar-refractivity contribution in [3.63, 3.8) is 0 Å². The van der Waals surface area contributed by atoms with Gasteiger partial charge in [-0.3, -0.25) is 4.79 Å². The molecule has 4 N–H and O–H groups in total. The van der Waals surface area contributed by atoms with E-state index in [0.29, 0.717) is 10.0 Å². The van der Waals surface area contributed by atoms with E-state index in [1.54, 1.807) is 7.05 Å².